The topological polar surface area (TPSA) is 63.6 Å². The van der Waals surface area contributed by atoms with Crippen LogP contribution in [0, 0.1) is 5.41 Å². The van der Waals surface area contributed by atoms with E-state index in [9.17, 15) is 13.5 Å². The molecule has 0 saturated heterocycles. The van der Waals surface area contributed by atoms with Crippen molar-refractivity contribution in [2.75, 3.05) is 19.1 Å². The Kier molecular flexibility index (Phi) is 5.43. The van der Waals surface area contributed by atoms with Crippen molar-refractivity contribution in [3.05, 3.63) is 0 Å². The van der Waals surface area contributed by atoms with Crippen molar-refractivity contribution in [2.24, 2.45) is 5.41 Å². The fourth-order valence-corrected chi connectivity index (χ4v) is 3.52. The molecule has 0 heterocycles. The van der Waals surface area contributed by atoms with E-state index in [1.807, 2.05) is 0 Å². The molecule has 4 nitrogen and oxygen atoms in total. The Morgan fingerprint density at radius 2 is 1.74 bits per heavy atom. The normalized spacial score (nSPS) is 24.1. The Morgan fingerprint density at radius 1 is 1.21 bits per heavy atom. The van der Waals surface area contributed by atoms with Gasteiger partial charge in [0.05, 0.1) is 11.7 Å². The van der Waals surface area contributed by atoms with Crippen LogP contribution in [0.15, 0.2) is 0 Å². The van der Waals surface area contributed by atoms with Crippen molar-refractivity contribution in [1.82, 2.24) is 0 Å². The first-order chi connectivity index (χ1) is 8.60. The van der Waals surface area contributed by atoms with Crippen molar-refractivity contribution in [2.45, 2.75) is 64.1 Å². The second kappa shape index (κ2) is 6.10. The van der Waals surface area contributed by atoms with Crippen LogP contribution in [0.1, 0.15) is 52.4 Å². The van der Waals surface area contributed by atoms with E-state index in [1.165, 1.54) is 6.26 Å². The van der Waals surface area contributed by atoms with Gasteiger partial charge >= 0.3 is 0 Å². The zero-order chi connectivity index (χ0) is 14.7. The highest BCUT2D eigenvalue weighted by Crippen LogP contribution is 2.44. The number of aliphatic hydroxyl groups is 1. The minimum absolute atomic E-state index is 0.134. The third-order valence-electron chi connectivity index (χ3n) is 4.46. The molecule has 1 unspecified atom stereocenters. The SMILES string of the molecule is COC1(C(O)CCCS(C)(=O)=O)CCC(C)(C)CC1. The zero-order valence-electron chi connectivity index (χ0n) is 12.6. The van der Waals surface area contributed by atoms with E-state index in [0.29, 0.717) is 18.3 Å². The van der Waals surface area contributed by atoms with Gasteiger partial charge in [0.2, 0.25) is 0 Å². The highest BCUT2D eigenvalue weighted by Gasteiger charge is 2.43. The number of hydrogen-bond donors (Lipinski definition) is 1. The van der Waals surface area contributed by atoms with E-state index < -0.39 is 21.5 Å². The number of sulfone groups is 1. The summed E-state index contributed by atoms with van der Waals surface area (Å²) >= 11 is 0. The summed E-state index contributed by atoms with van der Waals surface area (Å²) in [6.45, 7) is 4.48. The zero-order valence-corrected chi connectivity index (χ0v) is 13.4. The van der Waals surface area contributed by atoms with Crippen LogP contribution < -0.4 is 0 Å². The van der Waals surface area contributed by atoms with Gasteiger partial charge in [-0.15, -0.1) is 0 Å². The average Bonchev–Trinajstić information content (AvgIpc) is 2.28. The van der Waals surface area contributed by atoms with Gasteiger partial charge in [-0.25, -0.2) is 8.42 Å². The lowest BCUT2D eigenvalue weighted by Crippen LogP contribution is -2.48. The molecule has 0 aromatic rings. The number of aliphatic hydroxyl groups excluding tert-OH is 1. The van der Waals surface area contributed by atoms with Crippen LogP contribution in [0.25, 0.3) is 0 Å². The Bertz CT molecular complexity index is 376. The molecule has 1 aliphatic carbocycles. The number of ether oxygens (including phenoxy) is 1. The molecular weight excluding hydrogens is 264 g/mol. The van der Waals surface area contributed by atoms with Crippen LogP contribution in [-0.2, 0) is 14.6 Å². The molecule has 0 aromatic heterocycles. The summed E-state index contributed by atoms with van der Waals surface area (Å²) in [5.74, 6) is 0.134. The predicted octanol–water partition coefficient (Wildman–Crippen LogP) is 2.16. The molecule has 1 N–H and O–H groups in total. The fourth-order valence-electron chi connectivity index (χ4n) is 2.83. The summed E-state index contributed by atoms with van der Waals surface area (Å²) in [4.78, 5) is 0. The van der Waals surface area contributed by atoms with Gasteiger partial charge in [0.15, 0.2) is 0 Å². The lowest BCUT2D eigenvalue weighted by atomic mass is 9.68. The van der Waals surface area contributed by atoms with E-state index in [2.05, 4.69) is 13.8 Å². The van der Waals surface area contributed by atoms with Crippen molar-refractivity contribution in [3.8, 4) is 0 Å². The van der Waals surface area contributed by atoms with E-state index in [0.717, 1.165) is 25.7 Å². The van der Waals surface area contributed by atoms with Crippen LogP contribution in [0.4, 0.5) is 0 Å². The van der Waals surface area contributed by atoms with Gasteiger partial charge < -0.3 is 9.84 Å². The molecule has 19 heavy (non-hydrogen) atoms. The summed E-state index contributed by atoms with van der Waals surface area (Å²) in [6, 6.07) is 0. The maximum atomic E-state index is 11.1. The molecule has 1 saturated carbocycles. The monoisotopic (exact) mass is 292 g/mol. The van der Waals surface area contributed by atoms with Gasteiger partial charge in [0.1, 0.15) is 9.84 Å². The molecule has 1 atom stereocenters. The number of hydrogen-bond acceptors (Lipinski definition) is 4. The first kappa shape index (κ1) is 16.9. The molecular formula is C14H28O4S. The quantitative estimate of drug-likeness (QED) is 0.815. The third kappa shape index (κ3) is 5.04. The van der Waals surface area contributed by atoms with Crippen molar-refractivity contribution < 1.29 is 18.3 Å². The molecule has 1 rings (SSSR count). The summed E-state index contributed by atoms with van der Waals surface area (Å²) < 4.78 is 27.8. The van der Waals surface area contributed by atoms with Crippen LogP contribution in [0.2, 0.25) is 0 Å². The molecule has 114 valence electrons. The molecule has 0 aromatic carbocycles. The van der Waals surface area contributed by atoms with Gasteiger partial charge in [-0.1, -0.05) is 13.8 Å². The molecule has 0 radical (unpaired) electrons. The van der Waals surface area contributed by atoms with Crippen molar-refractivity contribution in [3.63, 3.8) is 0 Å². The van der Waals surface area contributed by atoms with Crippen LogP contribution in [0.3, 0.4) is 0 Å². The van der Waals surface area contributed by atoms with Gasteiger partial charge in [0, 0.05) is 19.1 Å². The first-order valence-electron chi connectivity index (χ1n) is 7.01. The van der Waals surface area contributed by atoms with E-state index in [-0.39, 0.29) is 5.75 Å². The van der Waals surface area contributed by atoms with Crippen molar-refractivity contribution in [1.29, 1.82) is 0 Å². The predicted molar refractivity (Wildman–Crippen MR) is 76.9 cm³/mol. The van der Waals surface area contributed by atoms with Gasteiger partial charge in [-0.3, -0.25) is 0 Å². The molecule has 0 amide bonds. The summed E-state index contributed by atoms with van der Waals surface area (Å²) in [6.07, 6.45) is 5.39. The highest BCUT2D eigenvalue weighted by atomic mass is 32.2. The van der Waals surface area contributed by atoms with Gasteiger partial charge in [0.25, 0.3) is 0 Å². The maximum Gasteiger partial charge on any atom is 0.147 e. The smallest absolute Gasteiger partial charge is 0.147 e. The molecule has 0 aliphatic heterocycles. The minimum Gasteiger partial charge on any atom is -0.390 e. The van der Waals surface area contributed by atoms with Gasteiger partial charge in [-0.2, -0.15) is 0 Å². The Balaban J connectivity index is 2.55. The van der Waals surface area contributed by atoms with Crippen LogP contribution in [0.5, 0.6) is 0 Å². The summed E-state index contributed by atoms with van der Waals surface area (Å²) in [7, 11) is -1.30. The van der Waals surface area contributed by atoms with Crippen molar-refractivity contribution >= 4 is 9.84 Å². The second-order valence-electron chi connectivity index (χ2n) is 6.72. The van der Waals surface area contributed by atoms with Crippen LogP contribution in [-0.4, -0.2) is 44.3 Å². The Morgan fingerprint density at radius 3 is 2.16 bits per heavy atom. The average molecular weight is 292 g/mol. The van der Waals surface area contributed by atoms with E-state index >= 15 is 0 Å². The van der Waals surface area contributed by atoms with Gasteiger partial charge in [-0.05, 0) is 43.9 Å². The maximum absolute atomic E-state index is 11.1. The summed E-state index contributed by atoms with van der Waals surface area (Å²) in [5.41, 5.74) is -0.165. The third-order valence-corrected chi connectivity index (χ3v) is 5.49. The highest BCUT2D eigenvalue weighted by molar-refractivity contribution is 7.90. The van der Waals surface area contributed by atoms with Crippen LogP contribution >= 0.6 is 0 Å². The molecule has 0 bridgehead atoms. The lowest BCUT2D eigenvalue weighted by molar-refractivity contribution is -0.138. The molecule has 1 aliphatic rings. The standard InChI is InChI=1S/C14H28O4S/c1-13(2)7-9-14(18-3,10-8-13)12(15)6-5-11-19(4,16)17/h12,15H,5-11H2,1-4H3. The Hall–Kier alpha value is -0.130. The van der Waals surface area contributed by atoms with E-state index in [1.54, 1.807) is 7.11 Å². The first-order valence-corrected chi connectivity index (χ1v) is 9.07. The lowest BCUT2D eigenvalue weighted by Gasteiger charge is -2.45. The molecule has 0 spiro atoms. The second-order valence-corrected chi connectivity index (χ2v) is 8.98. The largest absolute Gasteiger partial charge is 0.390 e. The number of methoxy groups -OCH3 is 1. The minimum atomic E-state index is -2.95. The summed E-state index contributed by atoms with van der Waals surface area (Å²) in [5, 5.41) is 10.4. The number of rotatable bonds is 6. The fraction of sp³-hybridized carbons (Fsp3) is 1.00. The van der Waals surface area contributed by atoms with E-state index in [4.69, 9.17) is 4.74 Å². The molecule has 5 heteroatoms. The molecule has 1 fully saturated rings. The Labute approximate surface area is 117 Å².